The molecule has 1 atom stereocenters. The Morgan fingerprint density at radius 1 is 0.917 bits per heavy atom. The molecule has 7 nitrogen and oxygen atoms in total. The standard InChI is InChI=1S/C26H39N3O4S.C2H6/c1-20-16-24(32-7)17-21(2)26(20)34(31)29(6)14-15-33-19-25(30)28(5)18-23-10-8-22(9-11-23)12-13-27(3)4;1-2/h8-11,16-17H,12-15,18-19H2,1-7H3;1-2H3. The number of benzene rings is 2. The third-order valence-corrected chi connectivity index (χ3v) is 7.36. The maximum absolute atomic E-state index is 13.0. The van der Waals surface area contributed by atoms with Crippen LogP contribution in [0.3, 0.4) is 0 Å². The fourth-order valence-corrected chi connectivity index (χ4v) is 4.75. The summed E-state index contributed by atoms with van der Waals surface area (Å²) >= 11 is 0. The van der Waals surface area contributed by atoms with Crippen LogP contribution in [0.4, 0.5) is 0 Å². The van der Waals surface area contributed by atoms with E-state index in [1.165, 1.54) is 5.56 Å². The summed E-state index contributed by atoms with van der Waals surface area (Å²) in [6.07, 6.45) is 1.01. The highest BCUT2D eigenvalue weighted by Gasteiger charge is 2.17. The van der Waals surface area contributed by atoms with Crippen molar-refractivity contribution in [2.24, 2.45) is 0 Å². The summed E-state index contributed by atoms with van der Waals surface area (Å²) in [6.45, 7) is 10.2. The molecule has 0 aliphatic heterocycles. The molecule has 0 radical (unpaired) electrons. The van der Waals surface area contributed by atoms with E-state index in [2.05, 4.69) is 43.3 Å². The topological polar surface area (TPSA) is 62.3 Å². The molecule has 0 aliphatic carbocycles. The first-order chi connectivity index (χ1) is 17.1. The minimum absolute atomic E-state index is 0.00150. The molecular weight excluding hydrogens is 474 g/mol. The molecule has 1 unspecified atom stereocenters. The summed E-state index contributed by atoms with van der Waals surface area (Å²) < 4.78 is 25.6. The van der Waals surface area contributed by atoms with Crippen LogP contribution in [0.1, 0.15) is 36.1 Å². The molecule has 2 aromatic carbocycles. The van der Waals surface area contributed by atoms with Crippen molar-refractivity contribution in [3.05, 3.63) is 58.7 Å². The molecule has 8 heteroatoms. The average Bonchev–Trinajstić information content (AvgIpc) is 2.86. The molecule has 202 valence electrons. The van der Waals surface area contributed by atoms with Gasteiger partial charge in [0.2, 0.25) is 5.91 Å². The van der Waals surface area contributed by atoms with Crippen molar-refractivity contribution < 1.29 is 18.5 Å². The Morgan fingerprint density at radius 2 is 1.47 bits per heavy atom. The lowest BCUT2D eigenvalue weighted by atomic mass is 10.1. The van der Waals surface area contributed by atoms with Gasteiger partial charge in [0, 0.05) is 33.7 Å². The third kappa shape index (κ3) is 10.4. The first-order valence-corrected chi connectivity index (χ1v) is 13.6. The summed E-state index contributed by atoms with van der Waals surface area (Å²) in [7, 11) is 8.01. The van der Waals surface area contributed by atoms with E-state index in [0.717, 1.165) is 40.3 Å². The van der Waals surface area contributed by atoms with E-state index < -0.39 is 11.0 Å². The number of aryl methyl sites for hydroxylation is 2. The predicted octanol–water partition coefficient (Wildman–Crippen LogP) is 4.07. The van der Waals surface area contributed by atoms with Gasteiger partial charge in [0.15, 0.2) is 0 Å². The minimum Gasteiger partial charge on any atom is -0.497 e. The number of carbonyl (C=O) groups is 1. The fourth-order valence-electron chi connectivity index (χ4n) is 3.53. The Labute approximate surface area is 221 Å². The van der Waals surface area contributed by atoms with Gasteiger partial charge in [-0.05, 0) is 68.8 Å². The summed E-state index contributed by atoms with van der Waals surface area (Å²) in [5.41, 5.74) is 4.22. The van der Waals surface area contributed by atoms with E-state index in [9.17, 15) is 9.00 Å². The highest BCUT2D eigenvalue weighted by atomic mass is 32.2. The molecule has 0 fully saturated rings. The number of hydrogen-bond donors (Lipinski definition) is 0. The monoisotopic (exact) mass is 519 g/mol. The third-order valence-electron chi connectivity index (χ3n) is 5.62. The highest BCUT2D eigenvalue weighted by molar-refractivity contribution is 7.82. The molecule has 0 bridgehead atoms. The fraction of sp³-hybridized carbons (Fsp3) is 0.536. The van der Waals surface area contributed by atoms with E-state index in [4.69, 9.17) is 9.47 Å². The lowest BCUT2D eigenvalue weighted by Gasteiger charge is -2.20. The number of hydrogen-bond acceptors (Lipinski definition) is 5. The van der Waals surface area contributed by atoms with Gasteiger partial charge in [-0.3, -0.25) is 4.79 Å². The van der Waals surface area contributed by atoms with Crippen molar-refractivity contribution in [3.63, 3.8) is 0 Å². The van der Waals surface area contributed by atoms with Gasteiger partial charge in [0.25, 0.3) is 0 Å². The Kier molecular flexibility index (Phi) is 14.5. The zero-order valence-electron chi connectivity index (χ0n) is 23.6. The highest BCUT2D eigenvalue weighted by Crippen LogP contribution is 2.25. The van der Waals surface area contributed by atoms with Crippen molar-refractivity contribution in [2.75, 3.05) is 61.6 Å². The second-order valence-corrected chi connectivity index (χ2v) is 10.4. The zero-order chi connectivity index (χ0) is 27.3. The molecule has 0 saturated heterocycles. The van der Waals surface area contributed by atoms with Gasteiger partial charge in [0.1, 0.15) is 23.3 Å². The number of methoxy groups -OCH3 is 1. The van der Waals surface area contributed by atoms with Crippen LogP contribution in [-0.4, -0.2) is 85.8 Å². The van der Waals surface area contributed by atoms with Crippen molar-refractivity contribution in [1.82, 2.24) is 14.1 Å². The van der Waals surface area contributed by atoms with E-state index in [1.54, 1.807) is 30.4 Å². The van der Waals surface area contributed by atoms with Crippen LogP contribution in [0.25, 0.3) is 0 Å². The molecule has 0 heterocycles. The van der Waals surface area contributed by atoms with Gasteiger partial charge < -0.3 is 19.3 Å². The second-order valence-electron chi connectivity index (χ2n) is 8.86. The SMILES string of the molecule is CC.COc1cc(C)c(S(=O)N(C)CCOCC(=O)N(C)Cc2ccc(CCN(C)C)cc2)c(C)c1. The first kappa shape index (κ1) is 31.8. The Balaban J connectivity index is 0.00000316. The summed E-state index contributed by atoms with van der Waals surface area (Å²) in [5, 5.41) is 0. The summed E-state index contributed by atoms with van der Waals surface area (Å²) in [4.78, 5) is 17.1. The van der Waals surface area contributed by atoms with Gasteiger partial charge in [-0.15, -0.1) is 0 Å². The molecule has 1 amide bonds. The van der Waals surface area contributed by atoms with Crippen molar-refractivity contribution in [3.8, 4) is 5.75 Å². The van der Waals surface area contributed by atoms with Gasteiger partial charge >= 0.3 is 0 Å². The van der Waals surface area contributed by atoms with E-state index in [0.29, 0.717) is 19.7 Å². The smallest absolute Gasteiger partial charge is 0.248 e. The molecule has 36 heavy (non-hydrogen) atoms. The Bertz CT molecular complexity index is 941. The van der Waals surface area contributed by atoms with Crippen molar-refractivity contribution in [2.45, 2.75) is 45.6 Å². The van der Waals surface area contributed by atoms with Gasteiger partial charge in [-0.25, -0.2) is 8.51 Å². The van der Waals surface area contributed by atoms with E-state index in [1.807, 2.05) is 39.8 Å². The second kappa shape index (κ2) is 16.5. The molecular formula is C28H45N3O4S. The molecule has 0 N–H and O–H groups in total. The van der Waals surface area contributed by atoms with E-state index in [-0.39, 0.29) is 12.5 Å². The number of nitrogens with zero attached hydrogens (tertiary/aromatic N) is 3. The summed E-state index contributed by atoms with van der Waals surface area (Å²) in [6, 6.07) is 12.2. The Hall–Kier alpha value is -2.26. The van der Waals surface area contributed by atoms with Gasteiger partial charge in [0.05, 0.1) is 18.6 Å². The minimum atomic E-state index is -1.32. The molecule has 0 aromatic heterocycles. The van der Waals surface area contributed by atoms with Crippen molar-refractivity contribution in [1.29, 1.82) is 0 Å². The van der Waals surface area contributed by atoms with Crippen LogP contribution in [0, 0.1) is 13.8 Å². The van der Waals surface area contributed by atoms with Gasteiger partial charge in [-0.2, -0.15) is 0 Å². The maximum atomic E-state index is 13.0. The number of rotatable bonds is 13. The van der Waals surface area contributed by atoms with Crippen molar-refractivity contribution >= 4 is 16.9 Å². The van der Waals surface area contributed by atoms with Gasteiger partial charge in [-0.1, -0.05) is 38.1 Å². The molecule has 2 aromatic rings. The van der Waals surface area contributed by atoms with Crippen LogP contribution < -0.4 is 4.74 Å². The maximum Gasteiger partial charge on any atom is 0.248 e. The first-order valence-electron chi connectivity index (χ1n) is 12.4. The Morgan fingerprint density at radius 3 is 2.00 bits per heavy atom. The van der Waals surface area contributed by atoms with Crippen LogP contribution in [0.15, 0.2) is 41.3 Å². The van der Waals surface area contributed by atoms with Crippen LogP contribution >= 0.6 is 0 Å². The largest absolute Gasteiger partial charge is 0.497 e. The molecule has 0 saturated carbocycles. The summed E-state index contributed by atoms with van der Waals surface area (Å²) in [5.74, 6) is 0.673. The normalized spacial score (nSPS) is 11.8. The van der Waals surface area contributed by atoms with Crippen LogP contribution in [0.5, 0.6) is 5.75 Å². The number of carbonyl (C=O) groups excluding carboxylic acids is 1. The average molecular weight is 520 g/mol. The van der Waals surface area contributed by atoms with Crippen LogP contribution in [0.2, 0.25) is 0 Å². The lowest BCUT2D eigenvalue weighted by molar-refractivity contribution is -0.135. The number of ether oxygens (including phenoxy) is 2. The molecule has 0 spiro atoms. The molecule has 2 rings (SSSR count). The molecule has 0 aliphatic rings. The lowest BCUT2D eigenvalue weighted by Crippen LogP contribution is -2.32. The van der Waals surface area contributed by atoms with Crippen LogP contribution in [-0.2, 0) is 33.5 Å². The number of likely N-dealkylation sites (N-methyl/N-ethyl adjacent to an activating group) is 3. The quantitative estimate of drug-likeness (QED) is 0.373. The zero-order valence-corrected chi connectivity index (χ0v) is 24.4. The predicted molar refractivity (Wildman–Crippen MR) is 149 cm³/mol. The van der Waals surface area contributed by atoms with E-state index >= 15 is 0 Å². The number of amides is 1.